The van der Waals surface area contributed by atoms with E-state index in [0.717, 1.165) is 25.1 Å². The molecule has 0 radical (unpaired) electrons. The first kappa shape index (κ1) is 33.5. The summed E-state index contributed by atoms with van der Waals surface area (Å²) in [5.41, 5.74) is 1.40. The number of carbonyl (C=O) groups excluding carboxylic acids is 4. The minimum atomic E-state index is -0.559. The summed E-state index contributed by atoms with van der Waals surface area (Å²) in [4.78, 5) is 61.0. The first-order valence-corrected chi connectivity index (χ1v) is 17.2. The number of para-hydroxylation sites is 1. The van der Waals surface area contributed by atoms with Gasteiger partial charge in [-0.3, -0.25) is 24.6 Å². The third kappa shape index (κ3) is 7.59. The number of hydrogen-bond acceptors (Lipinski definition) is 7. The number of nitrogens with one attached hydrogen (secondary N) is 1. The molecule has 5 rings (SSSR count). The number of likely N-dealkylation sites (tertiary alicyclic amines) is 1. The van der Waals surface area contributed by atoms with Crippen LogP contribution in [-0.4, -0.2) is 113 Å². The molecule has 0 aromatic heterocycles. The van der Waals surface area contributed by atoms with Crippen molar-refractivity contribution in [3.63, 3.8) is 0 Å². The molecule has 45 heavy (non-hydrogen) atoms. The van der Waals surface area contributed by atoms with Crippen LogP contribution in [0.1, 0.15) is 78.2 Å². The van der Waals surface area contributed by atoms with Crippen LogP contribution in [0.5, 0.6) is 0 Å². The van der Waals surface area contributed by atoms with Gasteiger partial charge in [-0.2, -0.15) is 0 Å². The van der Waals surface area contributed by atoms with Crippen molar-refractivity contribution >= 4 is 41.2 Å². The minimum absolute atomic E-state index is 0.00134. The van der Waals surface area contributed by atoms with E-state index in [1.807, 2.05) is 11.0 Å². The Morgan fingerprint density at radius 3 is 2.22 bits per heavy atom. The molecular weight excluding hydrogens is 595 g/mol. The van der Waals surface area contributed by atoms with Crippen LogP contribution in [0.2, 0.25) is 0 Å². The molecule has 0 spiro atoms. The molecule has 10 nitrogen and oxygen atoms in total. The number of nitrogens with zero attached hydrogens (tertiary/aromatic N) is 5. The van der Waals surface area contributed by atoms with Crippen molar-refractivity contribution in [1.29, 1.82) is 0 Å². The van der Waals surface area contributed by atoms with Gasteiger partial charge in [0.1, 0.15) is 17.7 Å². The maximum atomic E-state index is 15.7. The molecule has 4 saturated heterocycles. The number of hydrogen-bond donors (Lipinski definition) is 1. The number of benzene rings is 1. The van der Waals surface area contributed by atoms with E-state index in [0.29, 0.717) is 51.3 Å². The van der Waals surface area contributed by atoms with E-state index in [2.05, 4.69) is 56.7 Å². The highest BCUT2D eigenvalue weighted by molar-refractivity contribution is 8.01. The summed E-state index contributed by atoms with van der Waals surface area (Å²) >= 11 is 1.46. The average Bonchev–Trinajstić information content (AvgIpc) is 3.47. The molecule has 0 bridgehead atoms. The fourth-order valence-corrected chi connectivity index (χ4v) is 8.28. The molecule has 0 saturated carbocycles. The normalized spacial score (nSPS) is 24.2. The summed E-state index contributed by atoms with van der Waals surface area (Å²) in [5.74, 6) is -0.737. The third-order valence-electron chi connectivity index (χ3n) is 9.51. The summed E-state index contributed by atoms with van der Waals surface area (Å²) in [5, 5.41) is 1.38. The van der Waals surface area contributed by atoms with Crippen molar-refractivity contribution in [1.82, 2.24) is 24.9 Å². The third-order valence-corrected chi connectivity index (χ3v) is 11.0. The number of rotatable bonds is 7. The lowest BCUT2D eigenvalue weighted by Gasteiger charge is -2.43. The molecule has 4 heterocycles. The predicted octanol–water partition coefficient (Wildman–Crippen LogP) is 4.06. The summed E-state index contributed by atoms with van der Waals surface area (Å²) in [6.07, 6.45) is 2.04. The van der Waals surface area contributed by atoms with Gasteiger partial charge in [0, 0.05) is 69.4 Å². The maximum absolute atomic E-state index is 15.7. The fourth-order valence-electron chi connectivity index (χ4n) is 6.78. The van der Waals surface area contributed by atoms with E-state index >= 15 is 4.39 Å². The molecule has 4 fully saturated rings. The van der Waals surface area contributed by atoms with E-state index < -0.39 is 5.25 Å². The number of imide groups is 1. The highest BCUT2D eigenvalue weighted by Crippen LogP contribution is 2.48. The van der Waals surface area contributed by atoms with Crippen LogP contribution in [0.25, 0.3) is 0 Å². The number of amides is 5. The van der Waals surface area contributed by atoms with Crippen LogP contribution in [0.4, 0.5) is 14.9 Å². The van der Waals surface area contributed by atoms with Gasteiger partial charge in [-0.15, -0.1) is 11.8 Å². The largest absolute Gasteiger partial charge is 0.366 e. The molecule has 4 aliphatic rings. The van der Waals surface area contributed by atoms with Gasteiger partial charge in [0.25, 0.3) is 0 Å². The maximum Gasteiger partial charge on any atom is 0.324 e. The Morgan fingerprint density at radius 2 is 1.64 bits per heavy atom. The van der Waals surface area contributed by atoms with Gasteiger partial charge in [-0.05, 0) is 51.5 Å². The molecule has 2 atom stereocenters. The number of carbonyl (C=O) groups is 4. The van der Waals surface area contributed by atoms with Crippen LogP contribution in [0.3, 0.4) is 0 Å². The molecule has 0 aliphatic carbocycles. The summed E-state index contributed by atoms with van der Waals surface area (Å²) < 4.78 is 15.7. The second kappa shape index (κ2) is 13.1. The molecule has 1 aromatic rings. The zero-order chi connectivity index (χ0) is 32.7. The van der Waals surface area contributed by atoms with E-state index in [-0.39, 0.29) is 64.9 Å². The number of thioether (sulfide) groups is 1. The molecule has 4 aliphatic heterocycles. The Balaban J connectivity index is 1.31. The van der Waals surface area contributed by atoms with E-state index in [1.165, 1.54) is 17.8 Å². The Kier molecular flexibility index (Phi) is 9.75. The van der Waals surface area contributed by atoms with Gasteiger partial charge < -0.3 is 19.6 Å². The topological polar surface area (TPSA) is 96.5 Å². The molecule has 12 heteroatoms. The molecule has 1 N–H and O–H groups in total. The zero-order valence-corrected chi connectivity index (χ0v) is 28.4. The molecule has 0 unspecified atom stereocenters. The van der Waals surface area contributed by atoms with Crippen LogP contribution < -0.4 is 10.2 Å². The van der Waals surface area contributed by atoms with Crippen molar-refractivity contribution in [3.8, 4) is 0 Å². The van der Waals surface area contributed by atoms with Gasteiger partial charge in [0.05, 0.1) is 10.9 Å². The first-order valence-electron chi connectivity index (χ1n) is 16.2. The van der Waals surface area contributed by atoms with Gasteiger partial charge in [-0.25, -0.2) is 9.18 Å². The highest BCUT2D eigenvalue weighted by atomic mass is 32.2. The van der Waals surface area contributed by atoms with Gasteiger partial charge in [0.2, 0.25) is 17.7 Å². The fraction of sp³-hybridized carbons (Fsp3) is 0.697. The van der Waals surface area contributed by atoms with E-state index in [1.54, 1.807) is 15.9 Å². The highest BCUT2D eigenvalue weighted by Gasteiger charge is 2.45. The second-order valence-electron chi connectivity index (χ2n) is 14.9. The van der Waals surface area contributed by atoms with Crippen molar-refractivity contribution < 1.29 is 23.6 Å². The Bertz CT molecular complexity index is 1300. The van der Waals surface area contributed by atoms with Crippen molar-refractivity contribution in [3.05, 3.63) is 29.6 Å². The predicted molar refractivity (Wildman–Crippen MR) is 174 cm³/mol. The monoisotopic (exact) mass is 644 g/mol. The van der Waals surface area contributed by atoms with Crippen molar-refractivity contribution in [2.24, 2.45) is 5.41 Å². The average molecular weight is 645 g/mol. The zero-order valence-electron chi connectivity index (χ0n) is 27.6. The summed E-state index contributed by atoms with van der Waals surface area (Å²) in [6.45, 7) is 17.6. The quantitative estimate of drug-likeness (QED) is 0.448. The smallest absolute Gasteiger partial charge is 0.324 e. The number of halogens is 1. The van der Waals surface area contributed by atoms with Gasteiger partial charge >= 0.3 is 6.03 Å². The van der Waals surface area contributed by atoms with Crippen LogP contribution in [0, 0.1) is 11.2 Å². The first-order chi connectivity index (χ1) is 21.1. The second-order valence-corrected chi connectivity index (χ2v) is 16.2. The Hall–Kier alpha value is -2.86. The lowest BCUT2D eigenvalue weighted by Crippen LogP contribution is -2.53. The van der Waals surface area contributed by atoms with Crippen molar-refractivity contribution in [2.45, 2.75) is 89.4 Å². The lowest BCUT2D eigenvalue weighted by atomic mass is 9.92. The molecule has 5 amide bonds. The Morgan fingerprint density at radius 1 is 0.978 bits per heavy atom. The number of piperazine rings is 1. The van der Waals surface area contributed by atoms with Gasteiger partial charge in [-0.1, -0.05) is 32.9 Å². The van der Waals surface area contributed by atoms with Gasteiger partial charge in [0.15, 0.2) is 0 Å². The summed E-state index contributed by atoms with van der Waals surface area (Å²) in [7, 11) is 0. The summed E-state index contributed by atoms with van der Waals surface area (Å²) in [6, 6.07) is 4.72. The van der Waals surface area contributed by atoms with E-state index in [4.69, 9.17) is 0 Å². The van der Waals surface area contributed by atoms with Crippen molar-refractivity contribution in [2.75, 3.05) is 57.3 Å². The Labute approximate surface area is 271 Å². The SMILES string of the molecule is CC(C)(C)CCN1C(=O)[C@H](CC(=O)N2CCC(N3CC(=O)NC3=O)CC2)S[C@H]1c1cccc(F)c1N1CCN(C(C)(C)C)CC1. The minimum Gasteiger partial charge on any atom is -0.366 e. The van der Waals surface area contributed by atoms with Crippen LogP contribution in [0.15, 0.2) is 18.2 Å². The number of urea groups is 1. The molecular formula is C33H49FN6O4S. The van der Waals surface area contributed by atoms with Crippen LogP contribution >= 0.6 is 11.8 Å². The molecule has 248 valence electrons. The lowest BCUT2D eigenvalue weighted by molar-refractivity contribution is -0.137. The standard InChI is InChI=1S/C33H49FN6O4S/c1-32(2,3)12-15-39-29(43)25(20-27(42)36-13-10-22(11-14-36)40-21-26(41)35-31(40)44)45-30(39)23-8-7-9-24(34)28(23)37-16-18-38(19-17-37)33(4,5)6/h7-9,22,25,30H,10-21H2,1-6H3,(H,35,41,44)/t25-,30-/m0/s1. The molecule has 1 aromatic carbocycles. The van der Waals surface area contributed by atoms with E-state index in [9.17, 15) is 19.2 Å². The van der Waals surface area contributed by atoms with Crippen LogP contribution in [-0.2, 0) is 14.4 Å². The number of anilines is 1. The number of piperidine rings is 1.